The van der Waals surface area contributed by atoms with Crippen molar-refractivity contribution in [2.45, 2.75) is 31.8 Å². The van der Waals surface area contributed by atoms with E-state index in [9.17, 15) is 0 Å². The average Bonchev–Trinajstić information content (AvgIpc) is 3.10. The van der Waals surface area contributed by atoms with Crippen LogP contribution < -0.4 is 5.32 Å². The van der Waals surface area contributed by atoms with Crippen LogP contribution in [0.4, 0.5) is 5.95 Å². The van der Waals surface area contributed by atoms with Crippen molar-refractivity contribution in [1.82, 2.24) is 9.55 Å². The Morgan fingerprint density at radius 2 is 2.16 bits per heavy atom. The van der Waals surface area contributed by atoms with E-state index in [4.69, 9.17) is 23.2 Å². The number of rotatable bonds is 4. The van der Waals surface area contributed by atoms with Gasteiger partial charge in [0.1, 0.15) is 0 Å². The molecule has 0 saturated heterocycles. The van der Waals surface area contributed by atoms with E-state index in [-0.39, 0.29) is 6.04 Å². The molecule has 1 aliphatic carbocycles. The van der Waals surface area contributed by atoms with E-state index in [1.807, 2.05) is 24.5 Å². The molecule has 0 radical (unpaired) electrons. The fourth-order valence-corrected chi connectivity index (χ4v) is 2.77. The number of halogens is 2. The number of benzene rings is 1. The molecule has 0 spiro atoms. The Hall–Kier alpha value is -1.19. The number of imidazole rings is 1. The van der Waals surface area contributed by atoms with Gasteiger partial charge in [-0.15, -0.1) is 0 Å². The molecule has 0 aliphatic heterocycles. The minimum atomic E-state index is 0.0877. The fraction of sp³-hybridized carbons (Fsp3) is 0.357. The third-order valence-corrected chi connectivity index (χ3v) is 3.95. The first-order chi connectivity index (χ1) is 9.15. The van der Waals surface area contributed by atoms with Crippen molar-refractivity contribution in [2.75, 3.05) is 5.32 Å². The predicted octanol–water partition coefficient (Wildman–Crippen LogP) is 4.70. The number of aromatic nitrogens is 2. The Morgan fingerprint density at radius 1 is 1.37 bits per heavy atom. The first kappa shape index (κ1) is 12.8. The number of hydrogen-bond donors (Lipinski definition) is 1. The zero-order valence-corrected chi connectivity index (χ0v) is 12.1. The van der Waals surface area contributed by atoms with E-state index in [1.165, 1.54) is 12.8 Å². The summed E-state index contributed by atoms with van der Waals surface area (Å²) < 4.78 is 2.19. The topological polar surface area (TPSA) is 29.9 Å². The first-order valence-corrected chi connectivity index (χ1v) is 7.15. The zero-order valence-electron chi connectivity index (χ0n) is 10.6. The molecule has 3 rings (SSSR count). The summed E-state index contributed by atoms with van der Waals surface area (Å²) in [5, 5.41) is 4.74. The number of nitrogens with one attached hydrogen (secondary N) is 1. The molecule has 1 saturated carbocycles. The highest BCUT2D eigenvalue weighted by molar-refractivity contribution is 6.35. The van der Waals surface area contributed by atoms with Crippen molar-refractivity contribution in [2.24, 2.45) is 0 Å². The van der Waals surface area contributed by atoms with Crippen LogP contribution in [0.1, 0.15) is 37.4 Å². The summed E-state index contributed by atoms with van der Waals surface area (Å²) in [6, 6.07) is 6.27. The molecule has 1 aromatic carbocycles. The van der Waals surface area contributed by atoms with Gasteiger partial charge in [-0.25, -0.2) is 4.98 Å². The minimum absolute atomic E-state index is 0.0877. The lowest BCUT2D eigenvalue weighted by atomic mass is 10.1. The van der Waals surface area contributed by atoms with E-state index in [2.05, 4.69) is 21.8 Å². The van der Waals surface area contributed by atoms with E-state index >= 15 is 0 Å². The van der Waals surface area contributed by atoms with Gasteiger partial charge in [-0.05, 0) is 37.5 Å². The highest BCUT2D eigenvalue weighted by atomic mass is 35.5. The van der Waals surface area contributed by atoms with Gasteiger partial charge in [0.25, 0.3) is 0 Å². The number of hydrogen-bond acceptors (Lipinski definition) is 2. The third kappa shape index (κ3) is 2.72. The Labute approximate surface area is 122 Å². The van der Waals surface area contributed by atoms with Gasteiger partial charge in [-0.3, -0.25) is 0 Å². The zero-order chi connectivity index (χ0) is 13.4. The van der Waals surface area contributed by atoms with Crippen LogP contribution >= 0.6 is 23.2 Å². The molecule has 0 amide bonds. The first-order valence-electron chi connectivity index (χ1n) is 6.39. The van der Waals surface area contributed by atoms with Gasteiger partial charge in [0, 0.05) is 28.5 Å². The fourth-order valence-electron chi connectivity index (χ4n) is 2.20. The summed E-state index contributed by atoms with van der Waals surface area (Å²) in [4.78, 5) is 4.37. The molecule has 2 aromatic rings. The summed E-state index contributed by atoms with van der Waals surface area (Å²) in [5.74, 6) is 0.904. The van der Waals surface area contributed by atoms with Crippen LogP contribution in [-0.4, -0.2) is 9.55 Å². The second-order valence-electron chi connectivity index (χ2n) is 4.92. The van der Waals surface area contributed by atoms with E-state index < -0.39 is 0 Å². The van der Waals surface area contributed by atoms with Crippen molar-refractivity contribution in [1.29, 1.82) is 0 Å². The predicted molar refractivity (Wildman–Crippen MR) is 79.0 cm³/mol. The molecule has 1 unspecified atom stereocenters. The maximum atomic E-state index is 6.23. The van der Waals surface area contributed by atoms with Gasteiger partial charge in [0.2, 0.25) is 5.95 Å². The summed E-state index contributed by atoms with van der Waals surface area (Å²) in [5.41, 5.74) is 1.02. The van der Waals surface area contributed by atoms with E-state index in [0.29, 0.717) is 16.1 Å². The van der Waals surface area contributed by atoms with E-state index in [1.54, 1.807) is 6.07 Å². The van der Waals surface area contributed by atoms with Gasteiger partial charge in [-0.2, -0.15) is 0 Å². The van der Waals surface area contributed by atoms with Gasteiger partial charge < -0.3 is 9.88 Å². The molecule has 1 fully saturated rings. The smallest absolute Gasteiger partial charge is 0.203 e. The quantitative estimate of drug-likeness (QED) is 0.886. The normalized spacial score (nSPS) is 16.4. The molecule has 1 N–H and O–H groups in total. The SMILES string of the molecule is CC(Nc1nccn1C1CC1)c1ccc(Cl)cc1Cl. The Balaban J connectivity index is 1.80. The Bertz CT molecular complexity index is 590. The molecule has 3 nitrogen and oxygen atoms in total. The maximum Gasteiger partial charge on any atom is 0.203 e. The Morgan fingerprint density at radius 3 is 2.84 bits per heavy atom. The average molecular weight is 296 g/mol. The lowest BCUT2D eigenvalue weighted by Crippen LogP contribution is -2.11. The molecular weight excluding hydrogens is 281 g/mol. The highest BCUT2D eigenvalue weighted by Crippen LogP contribution is 2.37. The second-order valence-corrected chi connectivity index (χ2v) is 5.76. The molecule has 1 aromatic heterocycles. The van der Waals surface area contributed by atoms with Crippen LogP contribution in [0.15, 0.2) is 30.6 Å². The van der Waals surface area contributed by atoms with Crippen LogP contribution in [0.2, 0.25) is 10.0 Å². The van der Waals surface area contributed by atoms with Gasteiger partial charge in [0.15, 0.2) is 0 Å². The monoisotopic (exact) mass is 295 g/mol. The number of nitrogens with zero attached hydrogens (tertiary/aromatic N) is 2. The van der Waals surface area contributed by atoms with Crippen LogP contribution in [0.25, 0.3) is 0 Å². The summed E-state index contributed by atoms with van der Waals surface area (Å²) in [6.45, 7) is 2.07. The van der Waals surface area contributed by atoms with Gasteiger partial charge in [-0.1, -0.05) is 29.3 Å². The lowest BCUT2D eigenvalue weighted by Gasteiger charge is -2.17. The van der Waals surface area contributed by atoms with Crippen molar-refractivity contribution < 1.29 is 0 Å². The van der Waals surface area contributed by atoms with Crippen LogP contribution in [0, 0.1) is 0 Å². The van der Waals surface area contributed by atoms with Gasteiger partial charge >= 0.3 is 0 Å². The molecule has 5 heteroatoms. The van der Waals surface area contributed by atoms with Gasteiger partial charge in [0.05, 0.1) is 6.04 Å². The summed E-state index contributed by atoms with van der Waals surface area (Å²) in [7, 11) is 0. The summed E-state index contributed by atoms with van der Waals surface area (Å²) >= 11 is 12.1. The van der Waals surface area contributed by atoms with E-state index in [0.717, 1.165) is 11.5 Å². The largest absolute Gasteiger partial charge is 0.349 e. The minimum Gasteiger partial charge on any atom is -0.349 e. The molecule has 0 bridgehead atoms. The molecule has 1 heterocycles. The van der Waals surface area contributed by atoms with Crippen LogP contribution in [0.3, 0.4) is 0 Å². The molecule has 100 valence electrons. The standard InChI is InChI=1S/C14H15Cl2N3/c1-9(12-5-2-10(15)8-13(12)16)18-14-17-6-7-19(14)11-3-4-11/h2,5-9,11H,3-4H2,1H3,(H,17,18). The molecule has 1 atom stereocenters. The summed E-state index contributed by atoms with van der Waals surface area (Å²) in [6.07, 6.45) is 6.33. The lowest BCUT2D eigenvalue weighted by molar-refractivity contribution is 0.727. The molecule has 19 heavy (non-hydrogen) atoms. The number of anilines is 1. The van der Waals surface area contributed by atoms with Crippen molar-refractivity contribution in [3.63, 3.8) is 0 Å². The van der Waals surface area contributed by atoms with Crippen LogP contribution in [0.5, 0.6) is 0 Å². The van der Waals surface area contributed by atoms with Crippen molar-refractivity contribution in [3.8, 4) is 0 Å². The Kier molecular flexibility index (Phi) is 3.42. The maximum absolute atomic E-state index is 6.23. The van der Waals surface area contributed by atoms with Crippen molar-refractivity contribution >= 4 is 29.2 Å². The highest BCUT2D eigenvalue weighted by Gasteiger charge is 2.26. The van der Waals surface area contributed by atoms with Crippen LogP contribution in [-0.2, 0) is 0 Å². The van der Waals surface area contributed by atoms with Crippen molar-refractivity contribution in [3.05, 3.63) is 46.2 Å². The molecular formula is C14H15Cl2N3. The molecule has 1 aliphatic rings. The second kappa shape index (κ2) is 5.06. The third-order valence-electron chi connectivity index (χ3n) is 3.38.